The third-order valence-electron chi connectivity index (χ3n) is 3.92. The lowest BCUT2D eigenvalue weighted by molar-refractivity contribution is -0.122. The highest BCUT2D eigenvalue weighted by atomic mass is 19.1. The van der Waals surface area contributed by atoms with Crippen LogP contribution in [0.25, 0.3) is 11.1 Å². The van der Waals surface area contributed by atoms with Gasteiger partial charge in [-0.25, -0.2) is 4.39 Å². The van der Waals surface area contributed by atoms with Crippen LogP contribution in [0.5, 0.6) is 0 Å². The van der Waals surface area contributed by atoms with Gasteiger partial charge >= 0.3 is 0 Å². The van der Waals surface area contributed by atoms with Crippen molar-refractivity contribution in [2.45, 2.75) is 26.2 Å². The number of carbonyl (C=O) groups is 1. The second-order valence-electron chi connectivity index (χ2n) is 6.29. The predicted octanol–water partition coefficient (Wildman–Crippen LogP) is 3.24. The van der Waals surface area contributed by atoms with E-state index < -0.39 is 5.82 Å². The van der Waals surface area contributed by atoms with Gasteiger partial charge in [-0.15, -0.1) is 0 Å². The number of hydrogen-bond acceptors (Lipinski definition) is 3. The molecule has 0 spiro atoms. The van der Waals surface area contributed by atoms with Crippen molar-refractivity contribution in [3.05, 3.63) is 53.8 Å². The molecule has 5 heteroatoms. The molecule has 1 atom stereocenters. The average molecular weight is 329 g/mol. The number of nitrogen functional groups attached to an aromatic ring is 1. The Kier molecular flexibility index (Phi) is 5.93. The van der Waals surface area contributed by atoms with E-state index in [2.05, 4.69) is 19.2 Å². The quantitative estimate of drug-likeness (QED) is 0.562. The van der Waals surface area contributed by atoms with Crippen molar-refractivity contribution < 1.29 is 9.18 Å². The Balaban J connectivity index is 2.38. The molecule has 0 fully saturated rings. The van der Waals surface area contributed by atoms with Crippen LogP contribution < -0.4 is 16.8 Å². The minimum atomic E-state index is -0.447. The monoisotopic (exact) mass is 329 g/mol. The normalized spacial score (nSPS) is 12.2. The van der Waals surface area contributed by atoms with Gasteiger partial charge < -0.3 is 16.8 Å². The van der Waals surface area contributed by atoms with E-state index in [1.165, 1.54) is 6.07 Å². The molecule has 1 amide bonds. The summed E-state index contributed by atoms with van der Waals surface area (Å²) in [6.07, 6.45) is 0.714. The fourth-order valence-corrected chi connectivity index (χ4v) is 2.73. The number of halogens is 1. The molecular formula is C19H24FN3O. The van der Waals surface area contributed by atoms with Gasteiger partial charge in [-0.2, -0.15) is 0 Å². The molecule has 0 unspecified atom stereocenters. The lowest BCUT2D eigenvalue weighted by Crippen LogP contribution is -2.34. The summed E-state index contributed by atoms with van der Waals surface area (Å²) in [5.41, 5.74) is 13.6. The maximum atomic E-state index is 13.7. The summed E-state index contributed by atoms with van der Waals surface area (Å²) in [5.74, 6) is -0.465. The minimum absolute atomic E-state index is 0.0909. The van der Waals surface area contributed by atoms with E-state index in [4.69, 9.17) is 11.5 Å². The molecule has 0 radical (unpaired) electrons. The Morgan fingerprint density at radius 3 is 2.50 bits per heavy atom. The van der Waals surface area contributed by atoms with E-state index in [0.717, 1.165) is 16.7 Å². The zero-order chi connectivity index (χ0) is 17.7. The second-order valence-corrected chi connectivity index (χ2v) is 6.29. The summed E-state index contributed by atoms with van der Waals surface area (Å²) in [4.78, 5) is 12.4. The number of carbonyl (C=O) groups excluding carboxylic acids is 1. The summed E-state index contributed by atoms with van der Waals surface area (Å²) in [6, 6.07) is 12.3. The van der Waals surface area contributed by atoms with Gasteiger partial charge in [0.15, 0.2) is 0 Å². The van der Waals surface area contributed by atoms with Crippen LogP contribution in [0.15, 0.2) is 42.5 Å². The summed E-state index contributed by atoms with van der Waals surface area (Å²) >= 11 is 0. The topological polar surface area (TPSA) is 81.1 Å². The summed E-state index contributed by atoms with van der Waals surface area (Å²) in [5, 5.41) is 2.69. The molecule has 2 aromatic carbocycles. The van der Waals surface area contributed by atoms with Crippen molar-refractivity contribution >= 4 is 11.6 Å². The summed E-state index contributed by atoms with van der Waals surface area (Å²) < 4.78 is 13.7. The zero-order valence-electron chi connectivity index (χ0n) is 14.1. The fourth-order valence-electron chi connectivity index (χ4n) is 2.73. The van der Waals surface area contributed by atoms with Crippen molar-refractivity contribution in [3.63, 3.8) is 0 Å². The summed E-state index contributed by atoms with van der Waals surface area (Å²) in [7, 11) is 0. The lowest BCUT2D eigenvalue weighted by atomic mass is 9.88. The number of nitrogens with two attached hydrogens (primary N) is 2. The van der Waals surface area contributed by atoms with Crippen LogP contribution in [-0.2, 0) is 4.79 Å². The van der Waals surface area contributed by atoms with Gasteiger partial charge in [-0.05, 0) is 41.2 Å². The van der Waals surface area contributed by atoms with Crippen molar-refractivity contribution in [2.75, 3.05) is 12.4 Å². The molecule has 2 aromatic rings. The van der Waals surface area contributed by atoms with Gasteiger partial charge in [0, 0.05) is 0 Å². The molecule has 5 N–H and O–H groups in total. The number of amides is 1. The highest BCUT2D eigenvalue weighted by Gasteiger charge is 2.21. The van der Waals surface area contributed by atoms with Gasteiger partial charge in [-0.1, -0.05) is 44.2 Å². The van der Waals surface area contributed by atoms with E-state index in [1.807, 2.05) is 24.3 Å². The molecule has 128 valence electrons. The van der Waals surface area contributed by atoms with E-state index >= 15 is 0 Å². The first-order chi connectivity index (χ1) is 11.4. The Morgan fingerprint density at radius 1 is 1.17 bits per heavy atom. The third kappa shape index (κ3) is 4.32. The van der Waals surface area contributed by atoms with Crippen LogP contribution in [0.3, 0.4) is 0 Å². The predicted molar refractivity (Wildman–Crippen MR) is 95.6 cm³/mol. The lowest BCUT2D eigenvalue weighted by Gasteiger charge is -2.19. The molecule has 0 aliphatic heterocycles. The molecule has 0 heterocycles. The first kappa shape index (κ1) is 17.9. The molecule has 0 aromatic heterocycles. The Hall–Kier alpha value is -2.40. The van der Waals surface area contributed by atoms with Crippen LogP contribution >= 0.6 is 0 Å². The Labute approximate surface area is 142 Å². The van der Waals surface area contributed by atoms with Crippen molar-refractivity contribution in [1.82, 2.24) is 5.32 Å². The number of anilines is 1. The molecule has 0 bridgehead atoms. The minimum Gasteiger partial charge on any atom is -0.396 e. The highest BCUT2D eigenvalue weighted by molar-refractivity contribution is 5.84. The maximum Gasteiger partial charge on any atom is 0.228 e. The first-order valence-corrected chi connectivity index (χ1v) is 8.05. The van der Waals surface area contributed by atoms with E-state index in [0.29, 0.717) is 12.3 Å². The van der Waals surface area contributed by atoms with E-state index in [9.17, 15) is 9.18 Å². The van der Waals surface area contributed by atoms with Crippen LogP contribution in [-0.4, -0.2) is 12.6 Å². The van der Waals surface area contributed by atoms with Gasteiger partial charge in [0.2, 0.25) is 5.91 Å². The van der Waals surface area contributed by atoms with Crippen LogP contribution in [0.2, 0.25) is 0 Å². The molecule has 0 saturated carbocycles. The van der Waals surface area contributed by atoms with Crippen molar-refractivity contribution in [2.24, 2.45) is 11.7 Å². The van der Waals surface area contributed by atoms with Crippen molar-refractivity contribution in [3.8, 4) is 11.1 Å². The second kappa shape index (κ2) is 7.93. The van der Waals surface area contributed by atoms with Crippen LogP contribution in [0.4, 0.5) is 10.1 Å². The smallest absolute Gasteiger partial charge is 0.228 e. The number of benzene rings is 2. The molecule has 0 saturated heterocycles. The van der Waals surface area contributed by atoms with E-state index in [1.54, 1.807) is 12.1 Å². The Bertz CT molecular complexity index is 716. The molecule has 0 aliphatic rings. The Morgan fingerprint density at radius 2 is 1.88 bits per heavy atom. The number of rotatable bonds is 6. The largest absolute Gasteiger partial charge is 0.396 e. The molecule has 24 heavy (non-hydrogen) atoms. The fraction of sp³-hybridized carbons (Fsp3) is 0.316. The SMILES string of the molecule is CC(C)C[C@@H](C(=O)NCN)c1cccc(-c2ccc(N)c(F)c2)c1. The van der Waals surface area contributed by atoms with Gasteiger partial charge in [-0.3, -0.25) is 4.79 Å². The maximum absolute atomic E-state index is 13.7. The number of nitrogens with one attached hydrogen (secondary N) is 1. The molecular weight excluding hydrogens is 305 g/mol. The third-order valence-corrected chi connectivity index (χ3v) is 3.92. The standard InChI is InChI=1S/C19H24FN3O/c1-12(2)8-16(19(24)23-11-21)15-5-3-4-13(9-15)14-6-7-18(22)17(20)10-14/h3-7,9-10,12,16H,8,11,21-22H2,1-2H3,(H,23,24)/t16-/m1/s1. The summed E-state index contributed by atoms with van der Waals surface area (Å²) in [6.45, 7) is 4.25. The van der Waals surface area contributed by atoms with Gasteiger partial charge in [0.25, 0.3) is 0 Å². The zero-order valence-corrected chi connectivity index (χ0v) is 14.1. The van der Waals surface area contributed by atoms with Gasteiger partial charge in [0.1, 0.15) is 5.82 Å². The molecule has 4 nitrogen and oxygen atoms in total. The van der Waals surface area contributed by atoms with Crippen LogP contribution in [0.1, 0.15) is 31.7 Å². The van der Waals surface area contributed by atoms with Crippen molar-refractivity contribution in [1.29, 1.82) is 0 Å². The van der Waals surface area contributed by atoms with Crippen LogP contribution in [0, 0.1) is 11.7 Å². The molecule has 0 aliphatic carbocycles. The molecule has 2 rings (SSSR count). The number of hydrogen-bond donors (Lipinski definition) is 3. The highest BCUT2D eigenvalue weighted by Crippen LogP contribution is 2.29. The average Bonchev–Trinajstić information content (AvgIpc) is 2.55. The van der Waals surface area contributed by atoms with E-state index in [-0.39, 0.29) is 24.2 Å². The first-order valence-electron chi connectivity index (χ1n) is 8.05. The van der Waals surface area contributed by atoms with Gasteiger partial charge in [0.05, 0.1) is 18.3 Å².